The van der Waals surface area contributed by atoms with Gasteiger partial charge in [0.15, 0.2) is 0 Å². The lowest BCUT2D eigenvalue weighted by atomic mass is 9.64. The number of ether oxygens (including phenoxy) is 3. The Bertz CT molecular complexity index is 1840. The van der Waals surface area contributed by atoms with Crippen LogP contribution in [0.3, 0.4) is 0 Å². The van der Waals surface area contributed by atoms with Crippen LogP contribution in [-0.4, -0.2) is 74.0 Å². The first-order valence-electron chi connectivity index (χ1n) is 15.1. The van der Waals surface area contributed by atoms with Gasteiger partial charge in [-0.05, 0) is 47.9 Å². The van der Waals surface area contributed by atoms with E-state index in [9.17, 15) is 39.6 Å². The fourth-order valence-electron chi connectivity index (χ4n) is 6.46. The Morgan fingerprint density at radius 3 is 1.90 bits per heavy atom. The van der Waals surface area contributed by atoms with Crippen molar-refractivity contribution >= 4 is 11.9 Å². The molecule has 5 rings (SSSR count). The average Bonchev–Trinajstić information content (AvgIpc) is 3.48. The number of hydrogen-bond acceptors (Lipinski definition) is 9. The van der Waals surface area contributed by atoms with Crippen molar-refractivity contribution in [2.45, 2.75) is 55.8 Å². The molecule has 1 aliphatic heterocycles. The second-order valence-electron chi connectivity index (χ2n) is 11.6. The van der Waals surface area contributed by atoms with Crippen molar-refractivity contribution in [1.29, 1.82) is 0 Å². The number of aliphatic carboxylic acids is 2. The first-order valence-corrected chi connectivity index (χ1v) is 15.1. The van der Waals surface area contributed by atoms with Crippen molar-refractivity contribution in [3.05, 3.63) is 128 Å². The Kier molecular flexibility index (Phi) is 9.85. The van der Waals surface area contributed by atoms with Crippen LogP contribution in [0.4, 0.5) is 0 Å². The van der Waals surface area contributed by atoms with Crippen LogP contribution in [-0.2, 0) is 19.7 Å². The fraction of sp³-hybridized carbons (Fsp3) is 0.314. The number of carboxylic acid groups (broad SMARTS) is 2. The third-order valence-electron chi connectivity index (χ3n) is 8.80. The van der Waals surface area contributed by atoms with Gasteiger partial charge in [0.1, 0.15) is 36.0 Å². The molecule has 2 unspecified atom stereocenters. The molecule has 4 N–H and O–H groups in total. The van der Waals surface area contributed by atoms with E-state index in [2.05, 4.69) is 0 Å². The van der Waals surface area contributed by atoms with Crippen molar-refractivity contribution in [3.8, 4) is 11.5 Å². The minimum Gasteiger partial charge on any atom is -0.497 e. The Morgan fingerprint density at radius 2 is 1.42 bits per heavy atom. The van der Waals surface area contributed by atoms with Gasteiger partial charge >= 0.3 is 17.6 Å². The quantitative estimate of drug-likeness (QED) is 0.164. The predicted octanol–water partition coefficient (Wildman–Crippen LogP) is 2.48. The first kappa shape index (κ1) is 34.1. The van der Waals surface area contributed by atoms with Crippen LogP contribution in [0, 0.1) is 6.92 Å². The molecule has 0 saturated carbocycles. The summed E-state index contributed by atoms with van der Waals surface area (Å²) in [5.74, 6) is -2.04. The summed E-state index contributed by atoms with van der Waals surface area (Å²) in [5.41, 5.74) is -1.60. The molecule has 13 nitrogen and oxygen atoms in total. The van der Waals surface area contributed by atoms with Gasteiger partial charge in [-0.2, -0.15) is 0 Å². The number of methoxy groups -OCH3 is 2. The van der Waals surface area contributed by atoms with Gasteiger partial charge in [-0.1, -0.05) is 54.6 Å². The van der Waals surface area contributed by atoms with Crippen molar-refractivity contribution in [3.63, 3.8) is 0 Å². The van der Waals surface area contributed by atoms with E-state index in [0.29, 0.717) is 32.8 Å². The van der Waals surface area contributed by atoms with E-state index < -0.39 is 65.6 Å². The topological polar surface area (TPSA) is 187 Å². The zero-order valence-electron chi connectivity index (χ0n) is 26.4. The summed E-state index contributed by atoms with van der Waals surface area (Å²) in [6, 6.07) is 21.4. The second-order valence-corrected chi connectivity index (χ2v) is 11.6. The number of carboxylic acids is 2. The van der Waals surface area contributed by atoms with E-state index in [1.165, 1.54) is 27.3 Å². The Hall–Kier alpha value is -5.24. The summed E-state index contributed by atoms with van der Waals surface area (Å²) in [4.78, 5) is 50.0. The van der Waals surface area contributed by atoms with Crippen LogP contribution in [0.5, 0.6) is 11.5 Å². The molecule has 0 bridgehead atoms. The minimum absolute atomic E-state index is 0.0524. The Balaban J connectivity index is 1.66. The normalized spacial score (nSPS) is 19.0. The lowest BCUT2D eigenvalue weighted by Crippen LogP contribution is -2.51. The van der Waals surface area contributed by atoms with Crippen LogP contribution in [0.2, 0.25) is 0 Å². The molecule has 4 aromatic rings. The maximum atomic E-state index is 13.6. The maximum absolute atomic E-state index is 13.6. The van der Waals surface area contributed by atoms with E-state index in [-0.39, 0.29) is 12.0 Å². The van der Waals surface area contributed by atoms with Crippen molar-refractivity contribution < 1.29 is 44.2 Å². The number of nitrogens with zero attached hydrogens (tertiary/aromatic N) is 2. The smallest absolute Gasteiger partial charge is 0.333 e. The van der Waals surface area contributed by atoms with E-state index in [0.717, 1.165) is 4.57 Å². The van der Waals surface area contributed by atoms with E-state index >= 15 is 0 Å². The molecule has 2 heterocycles. The highest BCUT2D eigenvalue weighted by Crippen LogP contribution is 2.47. The van der Waals surface area contributed by atoms with E-state index in [1.54, 1.807) is 48.5 Å². The van der Waals surface area contributed by atoms with Crippen molar-refractivity contribution in [2.75, 3.05) is 14.2 Å². The number of rotatable bonds is 12. The Labute approximate surface area is 274 Å². The van der Waals surface area contributed by atoms with Crippen molar-refractivity contribution in [2.24, 2.45) is 0 Å². The number of aliphatic hydroxyl groups is 2. The third kappa shape index (κ3) is 6.10. The van der Waals surface area contributed by atoms with Crippen molar-refractivity contribution in [1.82, 2.24) is 9.13 Å². The molecule has 13 heteroatoms. The number of carbonyl (C=O) groups is 2. The summed E-state index contributed by atoms with van der Waals surface area (Å²) in [7, 11) is 3.07. The zero-order chi connectivity index (χ0) is 34.7. The van der Waals surface area contributed by atoms with Gasteiger partial charge in [-0.25, -0.2) is 14.2 Å². The molecule has 3 aromatic carbocycles. The number of aliphatic hydroxyl groups excluding tert-OH is 2. The standard InChI is InChI=1S/C35H36N2O11/c1-20-19-36(34(45)37(32(20)42)26(33(43)44)17-29(39)40)28-18-27(38)30(48-28)31(41)35(21-7-5-4-6-8-21,22-9-13-24(46-2)14-10-22)23-11-15-25(47-3)16-12-23/h4-16,19,26-28,30-31,38,41H,17-18H2,1-3H3,(H,39,40)(H,43,44)/t26?,27-,28+,30-,31?/m0/s1. The third-order valence-corrected chi connectivity index (χ3v) is 8.80. The number of aryl methyl sites for hydroxylation is 1. The van der Waals surface area contributed by atoms with Gasteiger partial charge in [-0.15, -0.1) is 0 Å². The summed E-state index contributed by atoms with van der Waals surface area (Å²) >= 11 is 0. The molecule has 1 aliphatic rings. The monoisotopic (exact) mass is 660 g/mol. The minimum atomic E-state index is -1.99. The highest BCUT2D eigenvalue weighted by atomic mass is 16.5. The second kappa shape index (κ2) is 13.9. The lowest BCUT2D eigenvalue weighted by Gasteiger charge is -2.43. The summed E-state index contributed by atoms with van der Waals surface area (Å²) in [6.45, 7) is 1.35. The summed E-state index contributed by atoms with van der Waals surface area (Å²) in [5, 5.41) is 43.0. The Morgan fingerprint density at radius 1 is 0.896 bits per heavy atom. The molecular formula is C35H36N2O11. The molecule has 252 valence electrons. The van der Waals surface area contributed by atoms with Gasteiger partial charge in [0.2, 0.25) is 0 Å². The van der Waals surface area contributed by atoms with Gasteiger partial charge in [0.25, 0.3) is 5.56 Å². The lowest BCUT2D eigenvalue weighted by molar-refractivity contribution is -0.147. The van der Waals surface area contributed by atoms with Gasteiger partial charge in [0.05, 0.1) is 32.2 Å². The average molecular weight is 661 g/mol. The molecule has 1 saturated heterocycles. The number of hydrogen-bond donors (Lipinski definition) is 4. The van der Waals surface area contributed by atoms with Crippen LogP contribution >= 0.6 is 0 Å². The molecule has 48 heavy (non-hydrogen) atoms. The summed E-state index contributed by atoms with van der Waals surface area (Å²) < 4.78 is 18.4. The van der Waals surface area contributed by atoms with Gasteiger partial charge < -0.3 is 34.6 Å². The highest BCUT2D eigenvalue weighted by molar-refractivity contribution is 5.79. The van der Waals surface area contributed by atoms with Gasteiger partial charge in [-0.3, -0.25) is 14.2 Å². The number of benzene rings is 3. The summed E-state index contributed by atoms with van der Waals surface area (Å²) in [6.07, 6.45) is -5.48. The molecular weight excluding hydrogens is 624 g/mol. The predicted molar refractivity (Wildman–Crippen MR) is 171 cm³/mol. The molecule has 0 amide bonds. The van der Waals surface area contributed by atoms with Crippen LogP contribution in [0.1, 0.15) is 47.4 Å². The maximum Gasteiger partial charge on any atom is 0.333 e. The fourth-order valence-corrected chi connectivity index (χ4v) is 6.46. The zero-order valence-corrected chi connectivity index (χ0v) is 26.4. The molecule has 1 aromatic heterocycles. The molecule has 0 aliphatic carbocycles. The largest absolute Gasteiger partial charge is 0.497 e. The molecule has 1 fully saturated rings. The number of aromatic nitrogens is 2. The molecule has 5 atom stereocenters. The van der Waals surface area contributed by atoms with Crippen LogP contribution in [0.25, 0.3) is 0 Å². The van der Waals surface area contributed by atoms with Crippen LogP contribution in [0.15, 0.2) is 94.6 Å². The molecule has 0 spiro atoms. The SMILES string of the molecule is COc1ccc(C(c2ccccc2)(c2ccc(OC)cc2)C(O)[C@H]2O[C@@H](n3cc(C)c(=O)n(C(CC(=O)O)C(=O)O)c3=O)C[C@@H]2O)cc1. The van der Waals surface area contributed by atoms with Crippen LogP contribution < -0.4 is 20.7 Å². The molecule has 0 radical (unpaired) electrons. The van der Waals surface area contributed by atoms with E-state index in [1.807, 2.05) is 30.3 Å². The van der Waals surface area contributed by atoms with E-state index in [4.69, 9.17) is 14.2 Å². The van der Waals surface area contributed by atoms with Gasteiger partial charge in [0, 0.05) is 18.2 Å². The first-order chi connectivity index (χ1) is 22.9. The highest BCUT2D eigenvalue weighted by Gasteiger charge is 2.52.